The summed E-state index contributed by atoms with van der Waals surface area (Å²) < 4.78 is 36.6. The molecular formula is C15H12N2O6S. The van der Waals surface area contributed by atoms with Crippen LogP contribution >= 0.6 is 0 Å². The van der Waals surface area contributed by atoms with Gasteiger partial charge in [0.05, 0.1) is 23.1 Å². The van der Waals surface area contributed by atoms with Crippen LogP contribution < -0.4 is 10.5 Å². The van der Waals surface area contributed by atoms with Crippen molar-refractivity contribution in [3.63, 3.8) is 0 Å². The van der Waals surface area contributed by atoms with Crippen LogP contribution in [0.15, 0.2) is 56.6 Å². The zero-order valence-electron chi connectivity index (χ0n) is 12.4. The summed E-state index contributed by atoms with van der Waals surface area (Å²) in [6.07, 6.45) is 0. The smallest absolute Gasteiger partial charge is 0.417 e. The van der Waals surface area contributed by atoms with E-state index in [9.17, 15) is 18.0 Å². The average molecular weight is 348 g/mol. The molecule has 24 heavy (non-hydrogen) atoms. The van der Waals surface area contributed by atoms with Gasteiger partial charge in [-0.2, -0.15) is 0 Å². The first kappa shape index (κ1) is 15.8. The third-order valence-electron chi connectivity index (χ3n) is 3.26. The van der Waals surface area contributed by atoms with E-state index in [2.05, 4.69) is 14.4 Å². The highest BCUT2D eigenvalue weighted by molar-refractivity contribution is 7.92. The summed E-state index contributed by atoms with van der Waals surface area (Å²) in [7, 11) is -2.60. The van der Waals surface area contributed by atoms with Gasteiger partial charge in [0, 0.05) is 5.69 Å². The van der Waals surface area contributed by atoms with E-state index in [0.717, 1.165) is 0 Å². The van der Waals surface area contributed by atoms with Crippen molar-refractivity contribution in [3.8, 4) is 0 Å². The lowest BCUT2D eigenvalue weighted by Crippen LogP contribution is -2.13. The Morgan fingerprint density at radius 1 is 1.17 bits per heavy atom. The molecule has 0 saturated carbocycles. The Kier molecular flexibility index (Phi) is 3.86. The minimum Gasteiger partial charge on any atom is -0.465 e. The number of benzene rings is 2. The van der Waals surface area contributed by atoms with Gasteiger partial charge in [-0.15, -0.1) is 0 Å². The molecule has 0 aliphatic heterocycles. The molecule has 0 bridgehead atoms. The number of hydrogen-bond donors (Lipinski definition) is 2. The van der Waals surface area contributed by atoms with Crippen molar-refractivity contribution in [2.24, 2.45) is 0 Å². The normalized spacial score (nSPS) is 11.4. The van der Waals surface area contributed by atoms with E-state index in [0.29, 0.717) is 5.56 Å². The number of esters is 1. The largest absolute Gasteiger partial charge is 0.465 e. The van der Waals surface area contributed by atoms with Crippen LogP contribution in [0.5, 0.6) is 0 Å². The van der Waals surface area contributed by atoms with E-state index in [1.165, 1.54) is 49.6 Å². The fourth-order valence-corrected chi connectivity index (χ4v) is 3.19. The number of rotatable bonds is 4. The van der Waals surface area contributed by atoms with Gasteiger partial charge in [-0.3, -0.25) is 9.71 Å². The van der Waals surface area contributed by atoms with Crippen molar-refractivity contribution in [1.82, 2.24) is 4.98 Å². The first-order chi connectivity index (χ1) is 11.4. The molecule has 3 rings (SSSR count). The Hall–Kier alpha value is -3.07. The van der Waals surface area contributed by atoms with Gasteiger partial charge >= 0.3 is 11.7 Å². The Morgan fingerprint density at radius 2 is 1.88 bits per heavy atom. The van der Waals surface area contributed by atoms with Crippen LogP contribution in [0.4, 0.5) is 5.69 Å². The topological polar surface area (TPSA) is 118 Å². The lowest BCUT2D eigenvalue weighted by atomic mass is 10.2. The fraction of sp³-hybridized carbons (Fsp3) is 0.0667. The number of ether oxygens (including phenoxy) is 1. The van der Waals surface area contributed by atoms with Gasteiger partial charge in [-0.25, -0.2) is 18.0 Å². The van der Waals surface area contributed by atoms with Gasteiger partial charge in [0.15, 0.2) is 5.58 Å². The Balaban J connectivity index is 1.89. The van der Waals surface area contributed by atoms with Gasteiger partial charge in [0.25, 0.3) is 10.0 Å². The van der Waals surface area contributed by atoms with Crippen molar-refractivity contribution < 1.29 is 22.4 Å². The monoisotopic (exact) mass is 348 g/mol. The quantitative estimate of drug-likeness (QED) is 0.693. The van der Waals surface area contributed by atoms with Gasteiger partial charge in [-0.1, -0.05) is 0 Å². The van der Waals surface area contributed by atoms with Crippen molar-refractivity contribution in [2.75, 3.05) is 11.8 Å². The number of fused-ring (bicyclic) bond motifs is 1. The second-order valence-corrected chi connectivity index (χ2v) is 6.53. The van der Waals surface area contributed by atoms with E-state index >= 15 is 0 Å². The van der Waals surface area contributed by atoms with Crippen molar-refractivity contribution >= 4 is 32.8 Å². The molecule has 0 saturated heterocycles. The van der Waals surface area contributed by atoms with E-state index in [1.54, 1.807) is 0 Å². The summed E-state index contributed by atoms with van der Waals surface area (Å²) in [6.45, 7) is 0. The summed E-state index contributed by atoms with van der Waals surface area (Å²) in [5, 5.41) is 0. The second-order valence-electron chi connectivity index (χ2n) is 4.85. The number of hydrogen-bond acceptors (Lipinski definition) is 6. The molecule has 0 spiro atoms. The van der Waals surface area contributed by atoms with E-state index in [-0.39, 0.29) is 21.7 Å². The lowest BCUT2D eigenvalue weighted by Gasteiger charge is -2.08. The maximum absolute atomic E-state index is 12.4. The SMILES string of the molecule is COC(=O)c1ccc(NS(=O)(=O)c2ccc3oc(=O)[nH]c3c2)cc1. The molecule has 0 fully saturated rings. The average Bonchev–Trinajstić information content (AvgIpc) is 2.93. The van der Waals surface area contributed by atoms with E-state index < -0.39 is 21.7 Å². The van der Waals surface area contributed by atoms with Crippen LogP contribution in [0.1, 0.15) is 10.4 Å². The summed E-state index contributed by atoms with van der Waals surface area (Å²) in [5.74, 6) is -1.18. The van der Waals surface area contributed by atoms with Crippen LogP contribution in [0.25, 0.3) is 11.1 Å². The third-order valence-corrected chi connectivity index (χ3v) is 4.64. The highest BCUT2D eigenvalue weighted by Crippen LogP contribution is 2.20. The molecule has 0 unspecified atom stereocenters. The standard InChI is InChI=1S/C15H12N2O6S/c1-22-14(18)9-2-4-10(5-3-9)17-24(20,21)11-6-7-13-12(8-11)16-15(19)23-13/h2-8,17H,1H3,(H,16,19). The number of aromatic nitrogens is 1. The first-order valence-electron chi connectivity index (χ1n) is 6.73. The van der Waals surface area contributed by atoms with Crippen LogP contribution in [0.3, 0.4) is 0 Å². The van der Waals surface area contributed by atoms with Gasteiger partial charge in [0.2, 0.25) is 0 Å². The Morgan fingerprint density at radius 3 is 2.54 bits per heavy atom. The van der Waals surface area contributed by atoms with Crippen molar-refractivity contribution in [2.45, 2.75) is 4.90 Å². The molecule has 3 aromatic rings. The fourth-order valence-electron chi connectivity index (χ4n) is 2.10. The summed E-state index contributed by atoms with van der Waals surface area (Å²) in [5.41, 5.74) is 1.13. The highest BCUT2D eigenvalue weighted by atomic mass is 32.2. The van der Waals surface area contributed by atoms with E-state index in [4.69, 9.17) is 4.42 Å². The zero-order chi connectivity index (χ0) is 17.3. The molecular weight excluding hydrogens is 336 g/mol. The molecule has 2 aromatic carbocycles. The molecule has 0 radical (unpaired) electrons. The molecule has 8 nitrogen and oxygen atoms in total. The number of carbonyl (C=O) groups excluding carboxylic acids is 1. The number of oxazole rings is 1. The van der Waals surface area contributed by atoms with Gasteiger partial charge < -0.3 is 9.15 Å². The molecule has 1 aromatic heterocycles. The predicted octanol–water partition coefficient (Wildman–Crippen LogP) is 1.71. The number of methoxy groups -OCH3 is 1. The number of aromatic amines is 1. The van der Waals surface area contributed by atoms with Crippen LogP contribution in [0, 0.1) is 0 Å². The molecule has 9 heteroatoms. The molecule has 124 valence electrons. The molecule has 0 amide bonds. The zero-order valence-corrected chi connectivity index (χ0v) is 13.2. The lowest BCUT2D eigenvalue weighted by molar-refractivity contribution is 0.0601. The van der Waals surface area contributed by atoms with Crippen molar-refractivity contribution in [3.05, 3.63) is 58.6 Å². The number of sulfonamides is 1. The summed E-state index contributed by atoms with van der Waals surface area (Å²) in [4.78, 5) is 24.8. The number of nitrogens with one attached hydrogen (secondary N) is 2. The maximum Gasteiger partial charge on any atom is 0.417 e. The first-order valence-corrected chi connectivity index (χ1v) is 8.21. The predicted molar refractivity (Wildman–Crippen MR) is 85.4 cm³/mol. The van der Waals surface area contributed by atoms with Crippen LogP contribution in [-0.4, -0.2) is 26.5 Å². The number of carbonyl (C=O) groups is 1. The van der Waals surface area contributed by atoms with Crippen molar-refractivity contribution in [1.29, 1.82) is 0 Å². The maximum atomic E-state index is 12.4. The minimum absolute atomic E-state index is 0.0379. The molecule has 0 atom stereocenters. The molecule has 2 N–H and O–H groups in total. The van der Waals surface area contributed by atoms with Crippen LogP contribution in [-0.2, 0) is 14.8 Å². The minimum atomic E-state index is -3.86. The van der Waals surface area contributed by atoms with E-state index in [1.807, 2.05) is 0 Å². The highest BCUT2D eigenvalue weighted by Gasteiger charge is 2.16. The molecule has 0 aliphatic carbocycles. The Labute approximate surface area is 136 Å². The third kappa shape index (κ3) is 3.01. The van der Waals surface area contributed by atoms with Gasteiger partial charge in [0.1, 0.15) is 0 Å². The number of anilines is 1. The molecule has 1 heterocycles. The second kappa shape index (κ2) is 5.85. The van der Waals surface area contributed by atoms with Crippen LogP contribution in [0.2, 0.25) is 0 Å². The number of H-pyrrole nitrogens is 1. The van der Waals surface area contributed by atoms with Gasteiger partial charge in [-0.05, 0) is 42.5 Å². The summed E-state index contributed by atoms with van der Waals surface area (Å²) >= 11 is 0. The molecule has 0 aliphatic rings. The Bertz CT molecular complexity index is 1060. The summed E-state index contributed by atoms with van der Waals surface area (Å²) in [6, 6.07) is 9.79.